The van der Waals surface area contributed by atoms with Gasteiger partial charge in [-0.05, 0) is 30.5 Å². The van der Waals surface area contributed by atoms with E-state index >= 15 is 0 Å². The highest BCUT2D eigenvalue weighted by Gasteiger charge is 2.10. The Bertz CT molecular complexity index is 668. The van der Waals surface area contributed by atoms with E-state index in [0.29, 0.717) is 22.7 Å². The SMILES string of the molecule is CC#CCSc1nnc(COc2ccc(C(C)C)cc2)n1N. The van der Waals surface area contributed by atoms with Gasteiger partial charge in [0.2, 0.25) is 5.16 Å². The molecule has 1 aromatic heterocycles. The number of hydrogen-bond donors (Lipinski definition) is 1. The summed E-state index contributed by atoms with van der Waals surface area (Å²) in [6.45, 7) is 6.41. The van der Waals surface area contributed by atoms with Gasteiger partial charge in [0, 0.05) is 0 Å². The van der Waals surface area contributed by atoms with Crippen LogP contribution in [0.15, 0.2) is 29.4 Å². The molecule has 0 amide bonds. The van der Waals surface area contributed by atoms with Gasteiger partial charge in [0.05, 0.1) is 5.75 Å². The highest BCUT2D eigenvalue weighted by atomic mass is 32.2. The van der Waals surface area contributed by atoms with Crippen LogP contribution in [-0.4, -0.2) is 20.6 Å². The molecule has 22 heavy (non-hydrogen) atoms. The quantitative estimate of drug-likeness (QED) is 0.504. The summed E-state index contributed by atoms with van der Waals surface area (Å²) >= 11 is 1.45. The molecule has 0 saturated carbocycles. The second kappa shape index (κ2) is 7.76. The zero-order valence-corrected chi connectivity index (χ0v) is 13.9. The molecule has 5 nitrogen and oxygen atoms in total. The number of nitrogens with zero attached hydrogens (tertiary/aromatic N) is 3. The molecule has 116 valence electrons. The molecule has 2 N–H and O–H groups in total. The minimum atomic E-state index is 0.282. The van der Waals surface area contributed by atoms with Crippen LogP contribution in [0, 0.1) is 11.8 Å². The second-order valence-corrected chi connectivity index (χ2v) is 5.94. The van der Waals surface area contributed by atoms with Crippen molar-refractivity contribution in [3.63, 3.8) is 0 Å². The van der Waals surface area contributed by atoms with Crippen molar-refractivity contribution < 1.29 is 4.74 Å². The lowest BCUT2D eigenvalue weighted by molar-refractivity contribution is 0.291. The summed E-state index contributed by atoms with van der Waals surface area (Å²) in [5.41, 5.74) is 1.28. The summed E-state index contributed by atoms with van der Waals surface area (Å²) in [4.78, 5) is 0. The molecular weight excluding hydrogens is 296 g/mol. The molecule has 0 unspecified atom stereocenters. The Balaban J connectivity index is 1.94. The van der Waals surface area contributed by atoms with Gasteiger partial charge in [-0.2, -0.15) is 0 Å². The molecule has 0 saturated heterocycles. The van der Waals surface area contributed by atoms with Crippen LogP contribution >= 0.6 is 11.8 Å². The van der Waals surface area contributed by atoms with Crippen molar-refractivity contribution in [2.24, 2.45) is 0 Å². The van der Waals surface area contributed by atoms with Gasteiger partial charge in [0.25, 0.3) is 0 Å². The van der Waals surface area contributed by atoms with Crippen LogP contribution < -0.4 is 10.6 Å². The minimum Gasteiger partial charge on any atom is -0.486 e. The average Bonchev–Trinajstić information content (AvgIpc) is 2.86. The van der Waals surface area contributed by atoms with Crippen LogP contribution in [0.3, 0.4) is 0 Å². The van der Waals surface area contributed by atoms with Crippen molar-refractivity contribution in [3.8, 4) is 17.6 Å². The Kier molecular flexibility index (Phi) is 5.73. The van der Waals surface area contributed by atoms with Crippen molar-refractivity contribution >= 4 is 11.8 Å². The molecular formula is C16H20N4OS. The molecule has 0 aliphatic heterocycles. The first-order valence-corrected chi connectivity index (χ1v) is 8.05. The molecule has 0 atom stereocenters. The molecule has 1 aromatic carbocycles. The van der Waals surface area contributed by atoms with Crippen LogP contribution in [0.2, 0.25) is 0 Å². The van der Waals surface area contributed by atoms with E-state index in [2.05, 4.69) is 48.0 Å². The molecule has 1 heterocycles. The summed E-state index contributed by atoms with van der Waals surface area (Å²) in [7, 11) is 0. The van der Waals surface area contributed by atoms with Gasteiger partial charge in [-0.15, -0.1) is 16.1 Å². The Morgan fingerprint density at radius 3 is 2.64 bits per heavy atom. The van der Waals surface area contributed by atoms with Crippen molar-refractivity contribution in [2.45, 2.75) is 38.5 Å². The zero-order chi connectivity index (χ0) is 15.9. The predicted molar refractivity (Wildman–Crippen MR) is 89.2 cm³/mol. The number of ether oxygens (including phenoxy) is 1. The van der Waals surface area contributed by atoms with E-state index in [9.17, 15) is 0 Å². The molecule has 0 aliphatic carbocycles. The van der Waals surface area contributed by atoms with E-state index < -0.39 is 0 Å². The average molecular weight is 316 g/mol. The molecule has 0 spiro atoms. The number of benzene rings is 1. The summed E-state index contributed by atoms with van der Waals surface area (Å²) in [5.74, 6) is 14.3. The summed E-state index contributed by atoms with van der Waals surface area (Å²) in [5, 5.41) is 8.73. The highest BCUT2D eigenvalue weighted by Crippen LogP contribution is 2.20. The fourth-order valence-electron chi connectivity index (χ4n) is 1.77. The number of thioether (sulfide) groups is 1. The van der Waals surface area contributed by atoms with E-state index in [1.54, 1.807) is 6.92 Å². The van der Waals surface area contributed by atoms with Gasteiger partial charge in [-0.3, -0.25) is 0 Å². The predicted octanol–water partition coefficient (Wildman–Crippen LogP) is 2.81. The van der Waals surface area contributed by atoms with Crippen LogP contribution in [0.4, 0.5) is 0 Å². The third-order valence-electron chi connectivity index (χ3n) is 3.10. The molecule has 2 rings (SSSR count). The van der Waals surface area contributed by atoms with Crippen LogP contribution in [-0.2, 0) is 6.61 Å². The van der Waals surface area contributed by atoms with Crippen molar-refractivity contribution in [3.05, 3.63) is 35.7 Å². The largest absolute Gasteiger partial charge is 0.486 e. The van der Waals surface area contributed by atoms with Gasteiger partial charge in [-0.1, -0.05) is 43.7 Å². The van der Waals surface area contributed by atoms with Gasteiger partial charge in [-0.25, -0.2) is 4.68 Å². The number of nitrogen functional groups attached to an aromatic ring is 1. The molecule has 0 bridgehead atoms. The first-order valence-electron chi connectivity index (χ1n) is 7.06. The number of nitrogens with two attached hydrogens (primary N) is 1. The fourth-order valence-corrected chi connectivity index (χ4v) is 2.46. The molecule has 0 fully saturated rings. The maximum Gasteiger partial charge on any atom is 0.210 e. The monoisotopic (exact) mass is 316 g/mol. The van der Waals surface area contributed by atoms with E-state index in [1.807, 2.05) is 12.1 Å². The number of aromatic nitrogens is 3. The third-order valence-corrected chi connectivity index (χ3v) is 3.93. The van der Waals surface area contributed by atoms with Crippen molar-refractivity contribution in [1.82, 2.24) is 14.9 Å². The lowest BCUT2D eigenvalue weighted by atomic mass is 10.0. The fraction of sp³-hybridized carbons (Fsp3) is 0.375. The molecule has 0 radical (unpaired) electrons. The first kappa shape index (κ1) is 16.2. The number of hydrogen-bond acceptors (Lipinski definition) is 5. The lowest BCUT2D eigenvalue weighted by Gasteiger charge is -2.08. The summed E-state index contributed by atoms with van der Waals surface area (Å²) < 4.78 is 7.15. The lowest BCUT2D eigenvalue weighted by Crippen LogP contribution is -2.15. The maximum absolute atomic E-state index is 5.96. The molecule has 0 aliphatic rings. The highest BCUT2D eigenvalue weighted by molar-refractivity contribution is 7.99. The smallest absolute Gasteiger partial charge is 0.210 e. The van der Waals surface area contributed by atoms with Crippen LogP contribution in [0.5, 0.6) is 5.75 Å². The molecule has 2 aromatic rings. The van der Waals surface area contributed by atoms with Gasteiger partial charge < -0.3 is 10.6 Å². The standard InChI is InChI=1S/C16H20N4OS/c1-4-5-10-22-16-19-18-15(20(16)17)11-21-14-8-6-13(7-9-14)12(2)3/h6-9,12H,10-11,17H2,1-3H3. The Morgan fingerprint density at radius 1 is 1.27 bits per heavy atom. The van der Waals surface area contributed by atoms with Crippen molar-refractivity contribution in [1.29, 1.82) is 0 Å². The van der Waals surface area contributed by atoms with E-state index in [0.717, 1.165) is 5.75 Å². The van der Waals surface area contributed by atoms with Crippen molar-refractivity contribution in [2.75, 3.05) is 11.6 Å². The normalized spacial score (nSPS) is 10.4. The van der Waals surface area contributed by atoms with Gasteiger partial charge in [0.1, 0.15) is 12.4 Å². The Morgan fingerprint density at radius 2 is 2.00 bits per heavy atom. The van der Waals surface area contributed by atoms with Crippen LogP contribution in [0.25, 0.3) is 0 Å². The van der Waals surface area contributed by atoms with E-state index in [4.69, 9.17) is 10.6 Å². The first-order chi connectivity index (χ1) is 10.6. The summed E-state index contributed by atoms with van der Waals surface area (Å²) in [6, 6.07) is 8.05. The van der Waals surface area contributed by atoms with Crippen LogP contribution in [0.1, 0.15) is 38.1 Å². The zero-order valence-electron chi connectivity index (χ0n) is 13.0. The summed E-state index contributed by atoms with van der Waals surface area (Å²) in [6.07, 6.45) is 0. The second-order valence-electron chi connectivity index (χ2n) is 5.00. The van der Waals surface area contributed by atoms with Gasteiger partial charge in [0.15, 0.2) is 5.82 Å². The third kappa shape index (κ3) is 4.18. The maximum atomic E-state index is 5.96. The Labute approximate surface area is 135 Å². The van der Waals surface area contributed by atoms with E-state index in [1.165, 1.54) is 22.0 Å². The molecule has 6 heteroatoms. The number of rotatable bonds is 6. The van der Waals surface area contributed by atoms with Gasteiger partial charge >= 0.3 is 0 Å². The topological polar surface area (TPSA) is 66.0 Å². The van der Waals surface area contributed by atoms with E-state index in [-0.39, 0.29) is 6.61 Å². The minimum absolute atomic E-state index is 0.282. The Hall–Kier alpha value is -2.13.